The first-order valence-electron chi connectivity index (χ1n) is 19.0. The van der Waals surface area contributed by atoms with Gasteiger partial charge >= 0.3 is 11.9 Å². The van der Waals surface area contributed by atoms with Crippen LogP contribution in [0.3, 0.4) is 0 Å². The number of carbonyl (C=O) groups is 4. The normalized spacial score (nSPS) is 33.1. The maximum Gasteiger partial charge on any atom is 0.338 e. The predicted molar refractivity (Wildman–Crippen MR) is 202 cm³/mol. The summed E-state index contributed by atoms with van der Waals surface area (Å²) in [6.45, 7) is 7.57. The molecule has 302 valence electrons. The maximum atomic E-state index is 14.8. The summed E-state index contributed by atoms with van der Waals surface area (Å²) in [4.78, 5) is 56.5. The van der Waals surface area contributed by atoms with Crippen molar-refractivity contribution >= 4 is 23.6 Å². The Morgan fingerprint density at radius 1 is 0.845 bits per heavy atom. The molecule has 12 nitrogen and oxygen atoms in total. The molecule has 3 aromatic carbocycles. The zero-order valence-electron chi connectivity index (χ0n) is 33.2. The summed E-state index contributed by atoms with van der Waals surface area (Å²) >= 11 is 0. The van der Waals surface area contributed by atoms with Crippen molar-refractivity contribution in [1.29, 1.82) is 0 Å². The molecule has 3 aromatic rings. The molecule has 2 saturated carbocycles. The molecule has 2 radical (unpaired) electrons. The number of amides is 1. The van der Waals surface area contributed by atoms with E-state index in [4.69, 9.17) is 14.2 Å². The van der Waals surface area contributed by atoms with Gasteiger partial charge in [-0.3, -0.25) is 14.4 Å². The average molecular weight is 1220 g/mol. The number of aliphatic hydroxyl groups excluding tert-OH is 2. The fourth-order valence-corrected chi connectivity index (χ4v) is 9.73. The number of carbonyl (C=O) groups excluding carboxylic acids is 4. The van der Waals surface area contributed by atoms with Gasteiger partial charge in [-0.1, -0.05) is 80.6 Å². The molecule has 14 heteroatoms. The summed E-state index contributed by atoms with van der Waals surface area (Å²) in [7, 11) is 0. The number of aliphatic hydroxyl groups is 4. The summed E-state index contributed by atoms with van der Waals surface area (Å²) in [5.74, 6) is -5.31. The van der Waals surface area contributed by atoms with Crippen LogP contribution in [0.4, 0.5) is 0 Å². The second-order valence-corrected chi connectivity index (χ2v) is 16.6. The first-order chi connectivity index (χ1) is 26.5. The SMILES string of the molecule is CC1=C2C(O)C(=O)[C@]3(C)C(O)CC4OCC4(O)C3C(OC(=O)c3ccccc3)C(O)(CC1OC(=O)[C@H](C)C(NC(=O)c1ccccc1)c1ccccc1)C2(C)C.[Ac].[Ac]. The number of rotatable bonds is 8. The van der Waals surface area contributed by atoms with Gasteiger partial charge in [0.1, 0.15) is 29.5 Å². The van der Waals surface area contributed by atoms with Crippen LogP contribution >= 0.6 is 0 Å². The van der Waals surface area contributed by atoms with Crippen molar-refractivity contribution in [3.8, 4) is 0 Å². The van der Waals surface area contributed by atoms with E-state index in [1.54, 1.807) is 100 Å². The van der Waals surface area contributed by atoms with Gasteiger partial charge in [-0.05, 0) is 61.7 Å². The van der Waals surface area contributed by atoms with Crippen molar-refractivity contribution in [2.24, 2.45) is 22.7 Å². The Kier molecular flexibility index (Phi) is 14.5. The van der Waals surface area contributed by atoms with Crippen LogP contribution in [0.1, 0.15) is 79.8 Å². The maximum absolute atomic E-state index is 14.8. The van der Waals surface area contributed by atoms with E-state index in [1.165, 1.54) is 19.1 Å². The van der Waals surface area contributed by atoms with Gasteiger partial charge in [0.2, 0.25) is 0 Å². The zero-order chi connectivity index (χ0) is 40.4. The monoisotopic (exact) mass is 1220 g/mol. The number of ether oxygens (including phenoxy) is 3. The molecule has 1 heterocycles. The minimum Gasteiger partial charge on any atom is -0.457 e. The number of nitrogens with one attached hydrogen (secondary N) is 1. The van der Waals surface area contributed by atoms with Crippen molar-refractivity contribution in [3.63, 3.8) is 0 Å². The van der Waals surface area contributed by atoms with Crippen LogP contribution in [0, 0.1) is 111 Å². The van der Waals surface area contributed by atoms with E-state index in [1.807, 2.05) is 6.07 Å². The number of esters is 2. The number of hydrogen-bond acceptors (Lipinski definition) is 11. The van der Waals surface area contributed by atoms with E-state index in [2.05, 4.69) is 5.32 Å². The third-order valence-corrected chi connectivity index (χ3v) is 13.2. The van der Waals surface area contributed by atoms with E-state index >= 15 is 0 Å². The second kappa shape index (κ2) is 17.9. The Bertz CT molecular complexity index is 2050. The van der Waals surface area contributed by atoms with Gasteiger partial charge < -0.3 is 40.0 Å². The van der Waals surface area contributed by atoms with E-state index in [9.17, 15) is 39.6 Å². The van der Waals surface area contributed by atoms with Crippen LogP contribution in [0.25, 0.3) is 0 Å². The fourth-order valence-electron chi connectivity index (χ4n) is 9.73. The molecule has 0 spiro atoms. The van der Waals surface area contributed by atoms with E-state index in [0.29, 0.717) is 16.7 Å². The average Bonchev–Trinajstić information content (AvgIpc) is 3.19. The summed E-state index contributed by atoms with van der Waals surface area (Å²) in [6.07, 6.45) is -7.80. The molecule has 1 saturated heterocycles. The van der Waals surface area contributed by atoms with Crippen LogP contribution < -0.4 is 5.32 Å². The van der Waals surface area contributed by atoms with Crippen LogP contribution in [0.15, 0.2) is 102 Å². The van der Waals surface area contributed by atoms with Crippen molar-refractivity contribution < 1.29 is 142 Å². The molecule has 7 rings (SSSR count). The van der Waals surface area contributed by atoms with E-state index < -0.39 is 94.1 Å². The number of benzene rings is 3. The third kappa shape index (κ3) is 7.79. The molecular formula is C44H49Ac2NO11. The molecule has 4 aliphatic rings. The molecule has 1 aliphatic heterocycles. The summed E-state index contributed by atoms with van der Waals surface area (Å²) in [5, 5.41) is 52.4. The molecule has 3 aliphatic carbocycles. The van der Waals surface area contributed by atoms with Gasteiger partial charge in [0.15, 0.2) is 5.78 Å². The predicted octanol–water partition coefficient (Wildman–Crippen LogP) is 3.87. The Morgan fingerprint density at radius 3 is 1.95 bits per heavy atom. The minimum atomic E-state index is -2.22. The Balaban J connectivity index is 0.00000320. The number of hydrogen-bond donors (Lipinski definition) is 5. The Labute approximate surface area is 409 Å². The summed E-state index contributed by atoms with van der Waals surface area (Å²) < 4.78 is 18.2. The molecule has 58 heavy (non-hydrogen) atoms. The van der Waals surface area contributed by atoms with E-state index in [-0.39, 0.29) is 119 Å². The van der Waals surface area contributed by atoms with Gasteiger partial charge in [-0.25, -0.2) is 4.79 Å². The molecule has 3 fully saturated rings. The number of Topliss-reactive ketones (excluding diaryl/α,β-unsaturated/α-hetero) is 1. The van der Waals surface area contributed by atoms with Crippen LogP contribution in [0.2, 0.25) is 0 Å². The first-order valence-corrected chi connectivity index (χ1v) is 19.0. The summed E-state index contributed by atoms with van der Waals surface area (Å²) in [6, 6.07) is 24.7. The van der Waals surface area contributed by atoms with Crippen LogP contribution in [0.5, 0.6) is 0 Å². The van der Waals surface area contributed by atoms with Gasteiger partial charge in [0.05, 0.1) is 41.8 Å². The molecule has 0 aromatic heterocycles. The van der Waals surface area contributed by atoms with Crippen molar-refractivity contribution in [2.75, 3.05) is 6.61 Å². The van der Waals surface area contributed by atoms with Gasteiger partial charge in [-0.2, -0.15) is 0 Å². The van der Waals surface area contributed by atoms with Crippen molar-refractivity contribution in [2.45, 2.75) is 95.2 Å². The van der Waals surface area contributed by atoms with Crippen LogP contribution in [-0.4, -0.2) is 92.4 Å². The number of fused-ring (bicyclic) bond motifs is 5. The van der Waals surface area contributed by atoms with Gasteiger partial charge in [0, 0.05) is 118 Å². The quantitative estimate of drug-likeness (QED) is 0.163. The molecule has 5 N–H and O–H groups in total. The van der Waals surface area contributed by atoms with Gasteiger partial charge in [-0.15, -0.1) is 0 Å². The smallest absolute Gasteiger partial charge is 0.338 e. The van der Waals surface area contributed by atoms with E-state index in [0.717, 1.165) is 0 Å². The number of ketones is 1. The molecule has 9 unspecified atom stereocenters. The fraction of sp³-hybridized carbons (Fsp3) is 0.455. The Morgan fingerprint density at radius 2 is 1.40 bits per heavy atom. The van der Waals surface area contributed by atoms with Crippen LogP contribution in [-0.2, 0) is 23.8 Å². The molecular weight excluding hydrogens is 1170 g/mol. The molecule has 1 amide bonds. The van der Waals surface area contributed by atoms with Crippen molar-refractivity contribution in [1.82, 2.24) is 5.32 Å². The van der Waals surface area contributed by atoms with Crippen molar-refractivity contribution in [3.05, 3.63) is 119 Å². The zero-order valence-corrected chi connectivity index (χ0v) is 42.7. The topological polar surface area (TPSA) is 189 Å². The molecule has 11 atom stereocenters. The standard InChI is InChI=1S/C44H49NO11.2Ac/c1-24-29(55-39(50)25(2)33(26-15-9-6-10-16-26)45-38(49)27-17-11-7-12-18-27)22-44(53)37(56-40(51)28-19-13-8-14-20-28)35-42(5,30(46)21-31-43(35,52)23-54-31)36(48)34(47)32(24)41(44,3)4;;/h6-20,25,29-31,33-35,37,46-47,52-53H,21-23H2,1-5H3,(H,45,49);;/t25-,29?,30?,31?,33?,34?,35?,37?,42-,43?,44?;;/m1../s1. The second-order valence-electron chi connectivity index (χ2n) is 16.6. The largest absolute Gasteiger partial charge is 0.457 e. The summed E-state index contributed by atoms with van der Waals surface area (Å²) in [5.41, 5.74) is -6.02. The molecule has 2 bridgehead atoms. The third-order valence-electron chi connectivity index (χ3n) is 13.2. The first kappa shape index (κ1) is 47.2. The minimum absolute atomic E-state index is 0. The Hall–Kier alpha value is -1.84. The van der Waals surface area contributed by atoms with Gasteiger partial charge in [0.25, 0.3) is 5.91 Å².